The van der Waals surface area contributed by atoms with Gasteiger partial charge in [-0.3, -0.25) is 4.79 Å². The van der Waals surface area contributed by atoms with Crippen molar-refractivity contribution in [1.29, 1.82) is 0 Å². The van der Waals surface area contributed by atoms with Gasteiger partial charge in [0.15, 0.2) is 11.8 Å². The highest BCUT2D eigenvalue weighted by molar-refractivity contribution is 6.10. The molecule has 0 saturated carbocycles. The first kappa shape index (κ1) is 17.9. The maximum absolute atomic E-state index is 13.4. The normalized spacial score (nSPS) is 12.1. The number of carbonyl (C=O) groups is 2. The highest BCUT2D eigenvalue weighted by Gasteiger charge is 2.29. The number of ketones is 1. The summed E-state index contributed by atoms with van der Waals surface area (Å²) in [6.45, 7) is 0. The third-order valence-corrected chi connectivity index (χ3v) is 4.99. The van der Waals surface area contributed by atoms with Crippen molar-refractivity contribution in [3.05, 3.63) is 108 Å². The Hall–Kier alpha value is -4.19. The molecule has 3 heterocycles. The van der Waals surface area contributed by atoms with E-state index >= 15 is 0 Å². The van der Waals surface area contributed by atoms with Crippen LogP contribution in [0.5, 0.6) is 0 Å². The third-order valence-electron chi connectivity index (χ3n) is 4.99. The lowest BCUT2D eigenvalue weighted by atomic mass is 9.99. The van der Waals surface area contributed by atoms with Gasteiger partial charge >= 0.3 is 5.97 Å². The van der Waals surface area contributed by atoms with E-state index in [-0.39, 0.29) is 11.5 Å². The molecule has 5 aromatic rings. The average Bonchev–Trinajstić information content (AvgIpc) is 3.42. The molecule has 0 unspecified atom stereocenters. The molecule has 1 N–H and O–H groups in total. The van der Waals surface area contributed by atoms with Gasteiger partial charge in [-0.25, -0.2) is 9.78 Å². The van der Waals surface area contributed by atoms with Crippen LogP contribution in [0.25, 0.3) is 16.6 Å². The number of rotatable bonds is 5. The zero-order chi connectivity index (χ0) is 20.5. The van der Waals surface area contributed by atoms with Crippen molar-refractivity contribution < 1.29 is 14.3 Å². The van der Waals surface area contributed by atoms with Crippen LogP contribution in [0.2, 0.25) is 0 Å². The second-order valence-corrected chi connectivity index (χ2v) is 6.90. The van der Waals surface area contributed by atoms with E-state index in [4.69, 9.17) is 4.74 Å². The van der Waals surface area contributed by atoms with E-state index < -0.39 is 12.1 Å². The van der Waals surface area contributed by atoms with Crippen LogP contribution in [0, 0.1) is 0 Å². The van der Waals surface area contributed by atoms with Crippen LogP contribution in [0.4, 0.5) is 0 Å². The molecule has 0 bridgehead atoms. The third kappa shape index (κ3) is 3.14. The van der Waals surface area contributed by atoms with Crippen LogP contribution < -0.4 is 0 Å². The minimum atomic E-state index is -1.08. The molecule has 0 amide bonds. The summed E-state index contributed by atoms with van der Waals surface area (Å²) in [4.78, 5) is 33.7. The highest BCUT2D eigenvalue weighted by Crippen LogP contribution is 2.28. The number of nitrogens with one attached hydrogen (secondary N) is 1. The lowest BCUT2D eigenvalue weighted by Gasteiger charge is -2.16. The van der Waals surface area contributed by atoms with Gasteiger partial charge in [-0.2, -0.15) is 0 Å². The molecule has 0 saturated heterocycles. The first-order valence-electron chi connectivity index (χ1n) is 9.51. The highest BCUT2D eigenvalue weighted by atomic mass is 16.5. The van der Waals surface area contributed by atoms with E-state index in [0.29, 0.717) is 16.8 Å². The topological polar surface area (TPSA) is 76.5 Å². The maximum Gasteiger partial charge on any atom is 0.359 e. The number of nitrogens with zero attached hydrogens (tertiary/aromatic N) is 2. The lowest BCUT2D eigenvalue weighted by molar-refractivity contribution is 0.0275. The van der Waals surface area contributed by atoms with E-state index in [2.05, 4.69) is 9.97 Å². The van der Waals surface area contributed by atoms with Crippen molar-refractivity contribution in [2.75, 3.05) is 0 Å². The molecule has 0 fully saturated rings. The van der Waals surface area contributed by atoms with Crippen molar-refractivity contribution >= 4 is 28.3 Å². The number of H-pyrrole nitrogens is 1. The Morgan fingerprint density at radius 3 is 2.53 bits per heavy atom. The fourth-order valence-electron chi connectivity index (χ4n) is 3.52. The summed E-state index contributed by atoms with van der Waals surface area (Å²) < 4.78 is 7.44. The summed E-state index contributed by atoms with van der Waals surface area (Å²) in [7, 11) is 0. The standard InChI is InChI=1S/C24H17N3O3/c28-22(18-14-25-19-11-5-4-10-17(18)19)23(16-8-2-1-3-9-16)30-24(29)20-15-27-13-7-6-12-21(27)26-20/h1-15,23,25H/t23-/m0/s1. The molecule has 0 aliphatic carbocycles. The smallest absolute Gasteiger partial charge is 0.359 e. The summed E-state index contributed by atoms with van der Waals surface area (Å²) in [5, 5.41) is 0.784. The maximum atomic E-state index is 13.4. The Morgan fingerprint density at radius 2 is 1.70 bits per heavy atom. The summed E-state index contributed by atoms with van der Waals surface area (Å²) in [5.74, 6) is -0.948. The van der Waals surface area contributed by atoms with E-state index in [1.54, 1.807) is 41.2 Å². The van der Waals surface area contributed by atoms with E-state index in [9.17, 15) is 9.59 Å². The van der Waals surface area contributed by atoms with Gasteiger partial charge < -0.3 is 14.1 Å². The number of hydrogen-bond acceptors (Lipinski definition) is 4. The predicted octanol–water partition coefficient (Wildman–Crippen LogP) is 4.60. The van der Waals surface area contributed by atoms with Crippen LogP contribution in [0.1, 0.15) is 32.5 Å². The van der Waals surface area contributed by atoms with Gasteiger partial charge in [0, 0.05) is 40.6 Å². The number of benzene rings is 2. The van der Waals surface area contributed by atoms with Gasteiger partial charge in [-0.05, 0) is 18.2 Å². The molecule has 0 spiro atoms. The second kappa shape index (κ2) is 7.33. The Labute approximate surface area is 171 Å². The average molecular weight is 395 g/mol. The molecule has 3 aromatic heterocycles. The molecule has 0 aliphatic heterocycles. The van der Waals surface area contributed by atoms with Crippen LogP contribution in [-0.2, 0) is 4.74 Å². The fraction of sp³-hybridized carbons (Fsp3) is 0.0417. The molecule has 0 radical (unpaired) electrons. The minimum Gasteiger partial charge on any atom is -0.444 e. The molecule has 6 nitrogen and oxygen atoms in total. The number of aromatic nitrogens is 3. The van der Waals surface area contributed by atoms with E-state index in [1.165, 1.54) is 0 Å². The molecular weight excluding hydrogens is 378 g/mol. The summed E-state index contributed by atoms with van der Waals surface area (Å²) in [5.41, 5.74) is 2.70. The molecule has 0 aliphatic rings. The van der Waals surface area contributed by atoms with E-state index in [1.807, 2.05) is 54.6 Å². The van der Waals surface area contributed by atoms with Crippen LogP contribution >= 0.6 is 0 Å². The molecule has 5 rings (SSSR count). The fourth-order valence-corrected chi connectivity index (χ4v) is 3.52. The first-order chi connectivity index (χ1) is 14.7. The summed E-state index contributed by atoms with van der Waals surface area (Å²) >= 11 is 0. The van der Waals surface area contributed by atoms with Crippen LogP contribution in [0.3, 0.4) is 0 Å². The predicted molar refractivity (Wildman–Crippen MR) is 112 cm³/mol. The van der Waals surface area contributed by atoms with Gasteiger partial charge in [0.05, 0.1) is 0 Å². The van der Waals surface area contributed by atoms with Crippen LogP contribution in [0.15, 0.2) is 91.4 Å². The Kier molecular flexibility index (Phi) is 4.37. The van der Waals surface area contributed by atoms with Gasteiger partial charge in [-0.15, -0.1) is 0 Å². The Bertz CT molecular complexity index is 1340. The second-order valence-electron chi connectivity index (χ2n) is 6.90. The monoisotopic (exact) mass is 395 g/mol. The van der Waals surface area contributed by atoms with Crippen LogP contribution in [-0.4, -0.2) is 26.1 Å². The number of esters is 1. The molecule has 146 valence electrons. The summed E-state index contributed by atoms with van der Waals surface area (Å²) in [6, 6.07) is 22.0. The first-order valence-corrected chi connectivity index (χ1v) is 9.51. The molecule has 30 heavy (non-hydrogen) atoms. The van der Waals surface area contributed by atoms with Gasteiger partial charge in [0.1, 0.15) is 5.65 Å². The lowest BCUT2D eigenvalue weighted by Crippen LogP contribution is -2.20. The number of aromatic amines is 1. The summed E-state index contributed by atoms with van der Waals surface area (Å²) in [6.07, 6.45) is 3.96. The van der Waals surface area contributed by atoms with Crippen molar-refractivity contribution in [1.82, 2.24) is 14.4 Å². The number of Topliss-reactive ketones (excluding diaryl/α,β-unsaturated/α-hetero) is 1. The zero-order valence-electron chi connectivity index (χ0n) is 15.9. The molecule has 6 heteroatoms. The largest absolute Gasteiger partial charge is 0.444 e. The van der Waals surface area contributed by atoms with Gasteiger partial charge in [0.2, 0.25) is 5.78 Å². The quantitative estimate of drug-likeness (QED) is 0.349. The molecule has 2 aromatic carbocycles. The molecular formula is C24H17N3O3. The van der Waals surface area contributed by atoms with Gasteiger partial charge in [-0.1, -0.05) is 54.6 Å². The Balaban J connectivity index is 1.52. The number of imidazole rings is 1. The number of ether oxygens (including phenoxy) is 1. The van der Waals surface area contributed by atoms with Crippen molar-refractivity contribution in [2.45, 2.75) is 6.10 Å². The molecule has 1 atom stereocenters. The number of pyridine rings is 1. The number of fused-ring (bicyclic) bond motifs is 2. The van der Waals surface area contributed by atoms with Crippen molar-refractivity contribution in [2.24, 2.45) is 0 Å². The van der Waals surface area contributed by atoms with E-state index in [0.717, 1.165) is 10.9 Å². The number of para-hydroxylation sites is 1. The minimum absolute atomic E-state index is 0.147. The SMILES string of the molecule is O=C(O[C@H](C(=O)c1c[nH]c2ccccc12)c1ccccc1)c1cn2ccccc2n1. The Morgan fingerprint density at radius 1 is 0.933 bits per heavy atom. The number of hydrogen-bond donors (Lipinski definition) is 1. The van der Waals surface area contributed by atoms with Gasteiger partial charge in [0.25, 0.3) is 0 Å². The van der Waals surface area contributed by atoms with Crippen molar-refractivity contribution in [3.63, 3.8) is 0 Å². The number of carbonyl (C=O) groups excluding carboxylic acids is 2. The van der Waals surface area contributed by atoms with Crippen molar-refractivity contribution in [3.8, 4) is 0 Å². The zero-order valence-corrected chi connectivity index (χ0v) is 15.9.